The Hall–Kier alpha value is -1.17. The number of carbonyl (C=O) groups excluding carboxylic acids is 1. The lowest BCUT2D eigenvalue weighted by Crippen LogP contribution is -2.51. The van der Waals surface area contributed by atoms with E-state index in [2.05, 4.69) is 0 Å². The molecule has 0 bridgehead atoms. The molecule has 0 aromatic heterocycles. The molecule has 1 aliphatic carbocycles. The molecule has 100 valence electrons. The molecule has 2 aliphatic rings. The molecule has 5 nitrogen and oxygen atoms in total. The number of aliphatic hydroxyl groups is 3. The smallest absolute Gasteiger partial charge is 0.196 e. The van der Waals surface area contributed by atoms with Crippen LogP contribution < -0.4 is 0 Å². The number of carbonyl (C=O) groups is 1. The number of ketones is 1. The van der Waals surface area contributed by atoms with Crippen molar-refractivity contribution in [3.05, 3.63) is 23.0 Å². The van der Waals surface area contributed by atoms with Gasteiger partial charge >= 0.3 is 0 Å². The zero-order valence-electron chi connectivity index (χ0n) is 10.5. The number of aliphatic hydroxyl groups excluding tert-OH is 2. The van der Waals surface area contributed by atoms with Crippen molar-refractivity contribution >= 4 is 5.78 Å². The minimum Gasteiger partial charge on any atom is -0.493 e. The van der Waals surface area contributed by atoms with E-state index in [1.165, 1.54) is 6.92 Å². The molecular weight excluding hydrogens is 236 g/mol. The van der Waals surface area contributed by atoms with Gasteiger partial charge in [0.25, 0.3) is 0 Å². The van der Waals surface area contributed by atoms with Gasteiger partial charge in [0, 0.05) is 18.4 Å². The maximum absolute atomic E-state index is 12.0. The summed E-state index contributed by atoms with van der Waals surface area (Å²) in [6.07, 6.45) is 0.650. The van der Waals surface area contributed by atoms with E-state index < -0.39 is 23.6 Å². The van der Waals surface area contributed by atoms with Gasteiger partial charge in [-0.25, -0.2) is 0 Å². The van der Waals surface area contributed by atoms with Crippen LogP contribution in [-0.2, 0) is 9.53 Å². The van der Waals surface area contributed by atoms with Crippen LogP contribution in [0.3, 0.4) is 0 Å². The number of hydrogen-bond donors (Lipinski definition) is 3. The third-order valence-electron chi connectivity index (χ3n) is 3.42. The minimum absolute atomic E-state index is 0.0928. The maximum atomic E-state index is 12.0. The van der Waals surface area contributed by atoms with Crippen molar-refractivity contribution in [2.75, 3.05) is 6.61 Å². The summed E-state index contributed by atoms with van der Waals surface area (Å²) in [5.74, 6) is 0.119. The van der Waals surface area contributed by atoms with E-state index in [4.69, 9.17) is 4.74 Å². The van der Waals surface area contributed by atoms with Crippen molar-refractivity contribution in [2.45, 2.75) is 44.5 Å². The van der Waals surface area contributed by atoms with Gasteiger partial charge in [0.2, 0.25) is 0 Å². The van der Waals surface area contributed by atoms with E-state index >= 15 is 0 Å². The molecular formula is C13H18O5. The number of Topliss-reactive ketones (excluding diaryl/α,β-unsaturated/α-hetero) is 1. The van der Waals surface area contributed by atoms with Crippen LogP contribution in [0.2, 0.25) is 0 Å². The Morgan fingerprint density at radius 1 is 1.61 bits per heavy atom. The standard InChI is InChI=1S/C13H18O5/c1-7(14)3-9-4-8-5-11(15)13(2,17)12(16)10(8)6-18-9/h4,7,11,14-15,17H,3,5-6H2,1-2H3/t7-,11-,13+/m0/s1. The second-order valence-corrected chi connectivity index (χ2v) is 5.15. The lowest BCUT2D eigenvalue weighted by Gasteiger charge is -2.36. The highest BCUT2D eigenvalue weighted by Gasteiger charge is 2.45. The summed E-state index contributed by atoms with van der Waals surface area (Å²) in [6, 6.07) is 0. The Balaban J connectivity index is 2.30. The highest BCUT2D eigenvalue weighted by Crippen LogP contribution is 2.34. The molecule has 5 heteroatoms. The van der Waals surface area contributed by atoms with Gasteiger partial charge in [0.05, 0.1) is 18.0 Å². The van der Waals surface area contributed by atoms with Crippen molar-refractivity contribution in [2.24, 2.45) is 0 Å². The SMILES string of the molecule is C[C@H](O)CC1=CC2=C(CO1)C(=O)[C@](C)(O)[C@@H](O)C2. The van der Waals surface area contributed by atoms with Crippen LogP contribution in [0.5, 0.6) is 0 Å². The Morgan fingerprint density at radius 2 is 2.28 bits per heavy atom. The van der Waals surface area contributed by atoms with Crippen LogP contribution in [0, 0.1) is 0 Å². The molecule has 0 spiro atoms. The van der Waals surface area contributed by atoms with Gasteiger partial charge in [-0.3, -0.25) is 4.79 Å². The topological polar surface area (TPSA) is 87.0 Å². The molecule has 0 unspecified atom stereocenters. The highest BCUT2D eigenvalue weighted by atomic mass is 16.5. The summed E-state index contributed by atoms with van der Waals surface area (Å²) in [5.41, 5.74) is -0.627. The molecule has 0 fully saturated rings. The third-order valence-corrected chi connectivity index (χ3v) is 3.42. The number of ether oxygens (including phenoxy) is 1. The second-order valence-electron chi connectivity index (χ2n) is 5.15. The zero-order valence-corrected chi connectivity index (χ0v) is 10.5. The van der Waals surface area contributed by atoms with Crippen molar-refractivity contribution in [1.82, 2.24) is 0 Å². The molecule has 3 atom stereocenters. The van der Waals surface area contributed by atoms with E-state index in [0.717, 1.165) is 0 Å². The molecule has 18 heavy (non-hydrogen) atoms. The summed E-state index contributed by atoms with van der Waals surface area (Å²) in [7, 11) is 0. The first kappa shape index (κ1) is 13.3. The van der Waals surface area contributed by atoms with Gasteiger partial charge in [-0.2, -0.15) is 0 Å². The van der Waals surface area contributed by atoms with Gasteiger partial charge in [-0.05, 0) is 25.5 Å². The van der Waals surface area contributed by atoms with Crippen LogP contribution in [0.4, 0.5) is 0 Å². The molecule has 2 rings (SSSR count). The molecule has 0 aromatic rings. The number of hydrogen-bond acceptors (Lipinski definition) is 5. The summed E-state index contributed by atoms with van der Waals surface area (Å²) in [6.45, 7) is 3.06. The Morgan fingerprint density at radius 3 is 2.89 bits per heavy atom. The third kappa shape index (κ3) is 2.21. The van der Waals surface area contributed by atoms with Crippen molar-refractivity contribution in [3.63, 3.8) is 0 Å². The fourth-order valence-corrected chi connectivity index (χ4v) is 2.25. The van der Waals surface area contributed by atoms with E-state index in [1.807, 2.05) is 0 Å². The summed E-state index contributed by atoms with van der Waals surface area (Å²) >= 11 is 0. The lowest BCUT2D eigenvalue weighted by atomic mass is 9.77. The first-order chi connectivity index (χ1) is 8.32. The normalized spacial score (nSPS) is 33.7. The van der Waals surface area contributed by atoms with Gasteiger partial charge in [-0.15, -0.1) is 0 Å². The summed E-state index contributed by atoms with van der Waals surface area (Å²) < 4.78 is 5.39. The van der Waals surface area contributed by atoms with Gasteiger partial charge in [0.15, 0.2) is 11.4 Å². The monoisotopic (exact) mass is 254 g/mol. The van der Waals surface area contributed by atoms with Crippen LogP contribution in [0.25, 0.3) is 0 Å². The molecule has 1 heterocycles. The fraction of sp³-hybridized carbons (Fsp3) is 0.615. The molecule has 0 radical (unpaired) electrons. The summed E-state index contributed by atoms with van der Waals surface area (Å²) in [4.78, 5) is 12.0. The van der Waals surface area contributed by atoms with Crippen molar-refractivity contribution in [3.8, 4) is 0 Å². The maximum Gasteiger partial charge on any atom is 0.196 e. The second kappa shape index (κ2) is 4.50. The molecule has 3 N–H and O–H groups in total. The number of rotatable bonds is 2. The molecule has 0 aromatic carbocycles. The lowest BCUT2D eigenvalue weighted by molar-refractivity contribution is -0.145. The van der Waals surface area contributed by atoms with Crippen LogP contribution >= 0.6 is 0 Å². The number of allylic oxidation sites excluding steroid dienone is 1. The zero-order chi connectivity index (χ0) is 13.5. The molecule has 0 saturated heterocycles. The first-order valence-corrected chi connectivity index (χ1v) is 6.01. The van der Waals surface area contributed by atoms with Crippen LogP contribution in [0.1, 0.15) is 26.7 Å². The van der Waals surface area contributed by atoms with Gasteiger partial charge in [0.1, 0.15) is 6.61 Å². The van der Waals surface area contributed by atoms with Crippen molar-refractivity contribution in [1.29, 1.82) is 0 Å². The Kier molecular flexibility index (Phi) is 3.31. The first-order valence-electron chi connectivity index (χ1n) is 6.01. The average molecular weight is 254 g/mol. The predicted octanol–water partition coefficient (Wildman–Crippen LogP) is 0.0527. The largest absolute Gasteiger partial charge is 0.493 e. The Bertz CT molecular complexity index is 431. The highest BCUT2D eigenvalue weighted by molar-refractivity contribution is 6.04. The van der Waals surface area contributed by atoms with E-state index in [9.17, 15) is 20.1 Å². The quantitative estimate of drug-likeness (QED) is 0.648. The summed E-state index contributed by atoms with van der Waals surface area (Å²) in [5, 5.41) is 29.0. The Labute approximate surface area is 105 Å². The van der Waals surface area contributed by atoms with E-state index in [-0.39, 0.29) is 13.0 Å². The van der Waals surface area contributed by atoms with E-state index in [1.54, 1.807) is 13.0 Å². The van der Waals surface area contributed by atoms with Crippen molar-refractivity contribution < 1.29 is 24.9 Å². The van der Waals surface area contributed by atoms with Crippen LogP contribution in [-0.4, -0.2) is 45.5 Å². The minimum atomic E-state index is -1.74. The fourth-order valence-electron chi connectivity index (χ4n) is 2.25. The average Bonchev–Trinajstić information content (AvgIpc) is 2.26. The van der Waals surface area contributed by atoms with Gasteiger partial charge < -0.3 is 20.1 Å². The molecule has 0 saturated carbocycles. The molecule has 0 amide bonds. The molecule has 1 aliphatic heterocycles. The van der Waals surface area contributed by atoms with Crippen LogP contribution in [0.15, 0.2) is 23.0 Å². The van der Waals surface area contributed by atoms with E-state index in [0.29, 0.717) is 23.3 Å². The predicted molar refractivity (Wildman–Crippen MR) is 63.6 cm³/mol. The van der Waals surface area contributed by atoms with Gasteiger partial charge in [-0.1, -0.05) is 0 Å².